The Labute approximate surface area is 112 Å². The Morgan fingerprint density at radius 3 is 2.68 bits per heavy atom. The number of hydrogen-bond acceptors (Lipinski definition) is 3. The summed E-state index contributed by atoms with van der Waals surface area (Å²) in [6.45, 7) is 1.78. The Hall–Kier alpha value is -1.55. The first kappa shape index (κ1) is 12.5. The number of rotatable bonds is 2. The lowest BCUT2D eigenvalue weighted by Crippen LogP contribution is -2.48. The number of ether oxygens (including phenoxy) is 2. The third-order valence-corrected chi connectivity index (χ3v) is 4.42. The average molecular weight is 262 g/mol. The van der Waals surface area contributed by atoms with Gasteiger partial charge in [0.25, 0.3) is 0 Å². The minimum atomic E-state index is -0.807. The fourth-order valence-electron chi connectivity index (χ4n) is 3.43. The topological polar surface area (TPSA) is 55.8 Å². The molecule has 0 radical (unpaired) electrons. The van der Waals surface area contributed by atoms with Crippen molar-refractivity contribution in [2.75, 3.05) is 19.8 Å². The van der Waals surface area contributed by atoms with Gasteiger partial charge in [-0.2, -0.15) is 0 Å². The molecule has 2 heterocycles. The minimum Gasteiger partial charge on any atom is -0.493 e. The lowest BCUT2D eigenvalue weighted by Gasteiger charge is -2.42. The lowest BCUT2D eigenvalue weighted by atomic mass is 9.64. The Morgan fingerprint density at radius 1 is 1.21 bits per heavy atom. The van der Waals surface area contributed by atoms with Gasteiger partial charge >= 0.3 is 5.97 Å². The van der Waals surface area contributed by atoms with Gasteiger partial charge in [0.05, 0.1) is 6.61 Å². The van der Waals surface area contributed by atoms with Crippen molar-refractivity contribution in [3.05, 3.63) is 29.8 Å². The summed E-state index contributed by atoms with van der Waals surface area (Å²) in [7, 11) is 0. The molecule has 1 unspecified atom stereocenters. The van der Waals surface area contributed by atoms with Crippen LogP contribution < -0.4 is 4.74 Å². The quantitative estimate of drug-likeness (QED) is 0.888. The second kappa shape index (κ2) is 4.85. The number of carbonyl (C=O) groups is 1. The van der Waals surface area contributed by atoms with Crippen LogP contribution in [0.2, 0.25) is 0 Å². The van der Waals surface area contributed by atoms with Crippen LogP contribution in [0.15, 0.2) is 24.3 Å². The molecule has 102 valence electrons. The molecule has 1 fully saturated rings. The van der Waals surface area contributed by atoms with Gasteiger partial charge in [0.15, 0.2) is 0 Å². The van der Waals surface area contributed by atoms with Crippen molar-refractivity contribution in [1.29, 1.82) is 0 Å². The van der Waals surface area contributed by atoms with Crippen LogP contribution in [0.1, 0.15) is 24.8 Å². The molecule has 2 aliphatic heterocycles. The van der Waals surface area contributed by atoms with Crippen molar-refractivity contribution < 1.29 is 19.4 Å². The van der Waals surface area contributed by atoms with Crippen molar-refractivity contribution in [1.82, 2.24) is 0 Å². The summed E-state index contributed by atoms with van der Waals surface area (Å²) in [4.78, 5) is 12.0. The zero-order chi connectivity index (χ0) is 13.3. The Balaban J connectivity index is 2.08. The summed E-state index contributed by atoms with van der Waals surface area (Å²) in [5.41, 5.74) is 0.0270. The molecule has 4 heteroatoms. The van der Waals surface area contributed by atoms with Gasteiger partial charge in [0.2, 0.25) is 0 Å². The molecule has 0 bridgehead atoms. The van der Waals surface area contributed by atoms with Gasteiger partial charge in [-0.15, -0.1) is 0 Å². The van der Waals surface area contributed by atoms with Crippen LogP contribution in [0.4, 0.5) is 0 Å². The second-order valence-corrected chi connectivity index (χ2v) is 5.26. The standard InChI is InChI=1S/C15H18O4/c16-14(17)15(11-5-8-18-9-6-11)7-10-19-13-4-2-1-3-12(13)15/h1-4,11H,5-10H2,(H,16,17). The average Bonchev–Trinajstić information content (AvgIpc) is 2.47. The molecular formula is C15H18O4. The van der Waals surface area contributed by atoms with Crippen molar-refractivity contribution in [2.45, 2.75) is 24.7 Å². The fraction of sp³-hybridized carbons (Fsp3) is 0.533. The number of carboxylic acids is 1. The predicted molar refractivity (Wildman–Crippen MR) is 69.4 cm³/mol. The van der Waals surface area contributed by atoms with E-state index in [0.29, 0.717) is 26.2 Å². The highest BCUT2D eigenvalue weighted by Crippen LogP contribution is 2.47. The zero-order valence-electron chi connectivity index (χ0n) is 10.8. The monoisotopic (exact) mass is 262 g/mol. The van der Waals surface area contributed by atoms with E-state index in [1.807, 2.05) is 24.3 Å². The van der Waals surface area contributed by atoms with Crippen LogP contribution >= 0.6 is 0 Å². The molecule has 4 nitrogen and oxygen atoms in total. The van der Waals surface area contributed by atoms with Crippen LogP contribution in [0.25, 0.3) is 0 Å². The number of carboxylic acid groups (broad SMARTS) is 1. The molecule has 0 aliphatic carbocycles. The molecule has 0 aromatic heterocycles. The normalized spacial score (nSPS) is 27.4. The van der Waals surface area contributed by atoms with Gasteiger partial charge in [-0.1, -0.05) is 18.2 Å². The summed E-state index contributed by atoms with van der Waals surface area (Å²) < 4.78 is 11.0. The van der Waals surface area contributed by atoms with E-state index in [0.717, 1.165) is 24.2 Å². The number of benzene rings is 1. The first-order valence-corrected chi connectivity index (χ1v) is 6.78. The minimum absolute atomic E-state index is 0.129. The Morgan fingerprint density at radius 2 is 1.95 bits per heavy atom. The van der Waals surface area contributed by atoms with E-state index in [1.165, 1.54) is 0 Å². The van der Waals surface area contributed by atoms with E-state index >= 15 is 0 Å². The molecule has 1 atom stereocenters. The van der Waals surface area contributed by atoms with Gasteiger partial charge in [-0.25, -0.2) is 0 Å². The van der Waals surface area contributed by atoms with Crippen molar-refractivity contribution in [3.63, 3.8) is 0 Å². The van der Waals surface area contributed by atoms with Crippen molar-refractivity contribution in [2.24, 2.45) is 5.92 Å². The van der Waals surface area contributed by atoms with Crippen molar-refractivity contribution >= 4 is 5.97 Å². The largest absolute Gasteiger partial charge is 0.493 e. The highest BCUT2D eigenvalue weighted by Gasteiger charge is 2.50. The maximum Gasteiger partial charge on any atom is 0.314 e. The van der Waals surface area contributed by atoms with E-state index < -0.39 is 11.4 Å². The SMILES string of the molecule is O=C(O)C1(C2CCOCC2)CCOc2ccccc21. The Kier molecular flexibility index (Phi) is 3.19. The number of hydrogen-bond donors (Lipinski definition) is 1. The van der Waals surface area contributed by atoms with Gasteiger partial charge in [-0.3, -0.25) is 4.79 Å². The van der Waals surface area contributed by atoms with E-state index in [4.69, 9.17) is 9.47 Å². The molecule has 1 aromatic carbocycles. The van der Waals surface area contributed by atoms with E-state index in [1.54, 1.807) is 0 Å². The zero-order valence-corrected chi connectivity index (χ0v) is 10.8. The van der Waals surface area contributed by atoms with E-state index in [-0.39, 0.29) is 5.92 Å². The highest BCUT2D eigenvalue weighted by molar-refractivity contribution is 5.83. The van der Waals surface area contributed by atoms with Crippen LogP contribution in [-0.4, -0.2) is 30.9 Å². The molecule has 1 aromatic rings. The third-order valence-electron chi connectivity index (χ3n) is 4.42. The molecule has 2 aliphatic rings. The molecule has 0 amide bonds. The van der Waals surface area contributed by atoms with Crippen LogP contribution in [-0.2, 0) is 14.9 Å². The molecule has 3 rings (SSSR count). The fourth-order valence-corrected chi connectivity index (χ4v) is 3.43. The van der Waals surface area contributed by atoms with Crippen LogP contribution in [0.3, 0.4) is 0 Å². The predicted octanol–water partition coefficient (Wildman–Crippen LogP) is 2.22. The molecule has 1 saturated heterocycles. The summed E-state index contributed by atoms with van der Waals surface area (Å²) in [6.07, 6.45) is 2.16. The van der Waals surface area contributed by atoms with Crippen molar-refractivity contribution in [3.8, 4) is 5.75 Å². The second-order valence-electron chi connectivity index (χ2n) is 5.26. The number of para-hydroxylation sites is 1. The maximum absolute atomic E-state index is 12.0. The third kappa shape index (κ3) is 1.91. The highest BCUT2D eigenvalue weighted by atomic mass is 16.5. The first-order chi connectivity index (χ1) is 9.25. The van der Waals surface area contributed by atoms with Gasteiger partial charge in [-0.05, 0) is 24.8 Å². The summed E-state index contributed by atoms with van der Waals surface area (Å²) >= 11 is 0. The van der Waals surface area contributed by atoms with Gasteiger partial charge < -0.3 is 14.6 Å². The Bertz CT molecular complexity index is 479. The maximum atomic E-state index is 12.0. The van der Waals surface area contributed by atoms with Gasteiger partial charge in [0, 0.05) is 25.2 Å². The smallest absolute Gasteiger partial charge is 0.314 e. The molecular weight excluding hydrogens is 244 g/mol. The summed E-state index contributed by atoms with van der Waals surface area (Å²) in [5, 5.41) is 9.89. The molecule has 0 saturated carbocycles. The van der Waals surface area contributed by atoms with E-state index in [9.17, 15) is 9.90 Å². The molecule has 0 spiro atoms. The number of aliphatic carboxylic acids is 1. The lowest BCUT2D eigenvalue weighted by molar-refractivity contribution is -0.149. The van der Waals surface area contributed by atoms with Crippen LogP contribution in [0, 0.1) is 5.92 Å². The van der Waals surface area contributed by atoms with E-state index in [2.05, 4.69) is 0 Å². The summed E-state index contributed by atoms with van der Waals surface area (Å²) in [5.74, 6) is 0.126. The van der Waals surface area contributed by atoms with Gasteiger partial charge in [0.1, 0.15) is 11.2 Å². The molecule has 19 heavy (non-hydrogen) atoms. The first-order valence-electron chi connectivity index (χ1n) is 6.78. The van der Waals surface area contributed by atoms with Crippen LogP contribution in [0.5, 0.6) is 5.75 Å². The molecule has 1 N–H and O–H groups in total. The number of fused-ring (bicyclic) bond motifs is 1. The summed E-state index contributed by atoms with van der Waals surface area (Å²) in [6, 6.07) is 7.55.